The lowest BCUT2D eigenvalue weighted by Crippen LogP contribution is -2.12. The maximum absolute atomic E-state index is 11.4. The predicted molar refractivity (Wildman–Crippen MR) is 62.5 cm³/mol. The van der Waals surface area contributed by atoms with E-state index in [9.17, 15) is 9.59 Å². The predicted octanol–water partition coefficient (Wildman–Crippen LogP) is 1.48. The fraction of sp³-hybridized carbons (Fsp3) is 0.583. The van der Waals surface area contributed by atoms with E-state index in [1.165, 1.54) is 7.11 Å². The molecule has 1 aromatic heterocycles. The number of ether oxygens (including phenoxy) is 2. The van der Waals surface area contributed by atoms with Crippen LogP contribution in [0.15, 0.2) is 4.52 Å². The Bertz CT molecular complexity index is 413. The van der Waals surface area contributed by atoms with Gasteiger partial charge >= 0.3 is 5.97 Å². The van der Waals surface area contributed by atoms with E-state index in [-0.39, 0.29) is 24.1 Å². The van der Waals surface area contributed by atoms with Crippen molar-refractivity contribution in [3.05, 3.63) is 17.0 Å². The molecule has 1 heterocycles. The van der Waals surface area contributed by atoms with Crippen LogP contribution < -0.4 is 0 Å². The fourth-order valence-corrected chi connectivity index (χ4v) is 1.73. The fourth-order valence-electron chi connectivity index (χ4n) is 1.73. The van der Waals surface area contributed by atoms with Crippen LogP contribution in [0.1, 0.15) is 40.6 Å². The summed E-state index contributed by atoms with van der Waals surface area (Å²) in [5.74, 6) is -0.307. The minimum absolute atomic E-state index is 0.171. The Morgan fingerprint density at radius 3 is 2.72 bits per heavy atom. The first-order chi connectivity index (χ1) is 8.63. The van der Waals surface area contributed by atoms with E-state index in [2.05, 4.69) is 9.89 Å². The molecule has 0 spiro atoms. The van der Waals surface area contributed by atoms with E-state index in [1.807, 2.05) is 0 Å². The highest BCUT2D eigenvalue weighted by atomic mass is 16.5. The van der Waals surface area contributed by atoms with Crippen molar-refractivity contribution in [3.8, 4) is 0 Å². The van der Waals surface area contributed by atoms with E-state index in [0.717, 1.165) is 0 Å². The topological polar surface area (TPSA) is 78.6 Å². The second kappa shape index (κ2) is 6.90. The summed E-state index contributed by atoms with van der Waals surface area (Å²) in [7, 11) is 2.92. The number of hydrogen-bond donors (Lipinski definition) is 0. The highest BCUT2D eigenvalue weighted by molar-refractivity contribution is 5.74. The molecule has 18 heavy (non-hydrogen) atoms. The van der Waals surface area contributed by atoms with Gasteiger partial charge in [0.2, 0.25) is 5.76 Å². The van der Waals surface area contributed by atoms with E-state index >= 15 is 0 Å². The number of nitrogens with zero attached hydrogens (tertiary/aromatic N) is 1. The Labute approximate surface area is 105 Å². The van der Waals surface area contributed by atoms with Crippen LogP contribution in [0, 0.1) is 6.92 Å². The summed E-state index contributed by atoms with van der Waals surface area (Å²) in [5.41, 5.74) is 1.27. The van der Waals surface area contributed by atoms with Gasteiger partial charge in [-0.25, -0.2) is 0 Å². The molecule has 0 bridgehead atoms. The van der Waals surface area contributed by atoms with E-state index in [0.29, 0.717) is 30.6 Å². The van der Waals surface area contributed by atoms with Gasteiger partial charge in [-0.3, -0.25) is 9.59 Å². The minimum Gasteiger partial charge on any atom is -0.469 e. The van der Waals surface area contributed by atoms with Crippen LogP contribution in [0.5, 0.6) is 0 Å². The Morgan fingerprint density at radius 1 is 1.50 bits per heavy atom. The van der Waals surface area contributed by atoms with Crippen molar-refractivity contribution in [3.63, 3.8) is 0 Å². The Balaban J connectivity index is 2.89. The smallest absolute Gasteiger partial charge is 0.306 e. The molecule has 0 aromatic carbocycles. The van der Waals surface area contributed by atoms with Crippen LogP contribution >= 0.6 is 0 Å². The van der Waals surface area contributed by atoms with Crippen molar-refractivity contribution >= 4 is 12.3 Å². The maximum atomic E-state index is 11.4. The highest BCUT2D eigenvalue weighted by Gasteiger charge is 2.23. The molecule has 0 aliphatic carbocycles. The minimum atomic E-state index is -0.328. The first-order valence-corrected chi connectivity index (χ1v) is 5.61. The van der Waals surface area contributed by atoms with Gasteiger partial charge in [0.15, 0.2) is 6.29 Å². The Hall–Kier alpha value is -1.69. The molecular formula is C12H17NO5. The third kappa shape index (κ3) is 3.40. The number of aldehydes is 1. The summed E-state index contributed by atoms with van der Waals surface area (Å²) < 4.78 is 14.6. The molecule has 6 heteroatoms. The van der Waals surface area contributed by atoms with Gasteiger partial charge in [0.05, 0.1) is 19.2 Å². The number of rotatable bonds is 7. The average Bonchev–Trinajstić information content (AvgIpc) is 2.75. The van der Waals surface area contributed by atoms with E-state index in [1.54, 1.807) is 14.0 Å². The van der Waals surface area contributed by atoms with Crippen molar-refractivity contribution in [2.45, 2.75) is 25.7 Å². The van der Waals surface area contributed by atoms with Gasteiger partial charge in [-0.05, 0) is 13.3 Å². The number of hydrogen-bond acceptors (Lipinski definition) is 6. The molecule has 100 valence electrons. The lowest BCUT2D eigenvalue weighted by Gasteiger charge is -2.13. The molecule has 1 atom stereocenters. The first-order valence-electron chi connectivity index (χ1n) is 5.61. The molecule has 0 aliphatic rings. The van der Waals surface area contributed by atoms with Crippen LogP contribution in [0.4, 0.5) is 0 Å². The molecule has 0 amide bonds. The lowest BCUT2D eigenvalue weighted by atomic mass is 9.95. The summed E-state index contributed by atoms with van der Waals surface area (Å²) in [4.78, 5) is 22.1. The highest BCUT2D eigenvalue weighted by Crippen LogP contribution is 2.27. The normalized spacial score (nSPS) is 12.2. The van der Waals surface area contributed by atoms with Crippen LogP contribution in [0.2, 0.25) is 0 Å². The third-order valence-corrected chi connectivity index (χ3v) is 2.80. The first kappa shape index (κ1) is 14.4. The van der Waals surface area contributed by atoms with Crippen molar-refractivity contribution in [1.82, 2.24) is 5.16 Å². The van der Waals surface area contributed by atoms with Crippen molar-refractivity contribution < 1.29 is 23.6 Å². The second-order valence-electron chi connectivity index (χ2n) is 3.93. The van der Waals surface area contributed by atoms with Crippen molar-refractivity contribution in [2.24, 2.45) is 0 Å². The molecule has 0 fully saturated rings. The molecule has 6 nitrogen and oxygen atoms in total. The Morgan fingerprint density at radius 2 is 2.22 bits per heavy atom. The van der Waals surface area contributed by atoms with Crippen LogP contribution in [-0.2, 0) is 14.3 Å². The summed E-state index contributed by atoms with van der Waals surface area (Å²) in [6.45, 7) is 2.23. The van der Waals surface area contributed by atoms with E-state index < -0.39 is 0 Å². The zero-order valence-electron chi connectivity index (χ0n) is 10.8. The zero-order valence-corrected chi connectivity index (χ0v) is 10.8. The van der Waals surface area contributed by atoms with Gasteiger partial charge in [-0.2, -0.15) is 0 Å². The molecule has 1 aromatic rings. The molecule has 0 saturated heterocycles. The van der Waals surface area contributed by atoms with Crippen LogP contribution in [0.25, 0.3) is 0 Å². The van der Waals surface area contributed by atoms with Gasteiger partial charge in [-0.15, -0.1) is 0 Å². The quantitative estimate of drug-likeness (QED) is 0.542. The van der Waals surface area contributed by atoms with Gasteiger partial charge in [0.25, 0.3) is 0 Å². The Kier molecular flexibility index (Phi) is 5.51. The maximum Gasteiger partial charge on any atom is 0.306 e. The number of methoxy groups -OCH3 is 2. The third-order valence-electron chi connectivity index (χ3n) is 2.80. The number of aromatic nitrogens is 1. The summed E-state index contributed by atoms with van der Waals surface area (Å²) in [6.07, 6.45) is 1.40. The summed E-state index contributed by atoms with van der Waals surface area (Å²) >= 11 is 0. The number of carbonyl (C=O) groups is 2. The standard InChI is InChI=1S/C12H17NO5/c1-8-10(7-14)18-13-12(8)9(4-5-16-2)6-11(15)17-3/h7,9H,4-6H2,1-3H3. The van der Waals surface area contributed by atoms with Gasteiger partial charge < -0.3 is 14.0 Å². The summed E-state index contributed by atoms with van der Waals surface area (Å²) in [5, 5.41) is 3.86. The monoisotopic (exact) mass is 255 g/mol. The number of carbonyl (C=O) groups excluding carboxylic acids is 2. The van der Waals surface area contributed by atoms with Gasteiger partial charge in [0, 0.05) is 25.2 Å². The molecule has 1 unspecified atom stereocenters. The lowest BCUT2D eigenvalue weighted by molar-refractivity contribution is -0.141. The van der Waals surface area contributed by atoms with Gasteiger partial charge in [-0.1, -0.05) is 5.16 Å². The summed E-state index contributed by atoms with van der Waals surface area (Å²) in [6, 6.07) is 0. The molecule has 1 rings (SSSR count). The average molecular weight is 255 g/mol. The van der Waals surface area contributed by atoms with Crippen molar-refractivity contribution in [2.75, 3.05) is 20.8 Å². The van der Waals surface area contributed by atoms with E-state index in [4.69, 9.17) is 9.26 Å². The zero-order chi connectivity index (χ0) is 13.5. The molecule has 0 aliphatic heterocycles. The van der Waals surface area contributed by atoms with Crippen LogP contribution in [0.3, 0.4) is 0 Å². The second-order valence-corrected chi connectivity index (χ2v) is 3.93. The van der Waals surface area contributed by atoms with Crippen LogP contribution in [-0.4, -0.2) is 38.2 Å². The largest absolute Gasteiger partial charge is 0.469 e. The SMILES string of the molecule is COCCC(CC(=O)OC)c1noc(C=O)c1C. The molecular weight excluding hydrogens is 238 g/mol. The van der Waals surface area contributed by atoms with Crippen molar-refractivity contribution in [1.29, 1.82) is 0 Å². The molecule has 0 saturated carbocycles. The number of esters is 1. The van der Waals surface area contributed by atoms with Gasteiger partial charge in [0.1, 0.15) is 0 Å². The molecule has 0 radical (unpaired) electrons. The molecule has 0 N–H and O–H groups in total.